The first-order chi connectivity index (χ1) is 19.0. The standard InChI is InChI=1S/C32H49N3O4S/c1-32(2,3)26-13-15-30(16-14-26)40(38,39)31-12-10-11-27(21-31)35(24-28(36)22-33-17-6-4-7-18-33)25-29(37)23-34-19-8-5-9-20-34/h10-16,21,28-29,36-37H,4-9,17-20,22-25H2,1-3H3. The van der Waals surface area contributed by atoms with E-state index < -0.39 is 22.0 Å². The van der Waals surface area contributed by atoms with Gasteiger partial charge in [0, 0.05) is 31.9 Å². The molecule has 2 N–H and O–H groups in total. The van der Waals surface area contributed by atoms with Crippen LogP contribution in [-0.4, -0.2) is 93.0 Å². The molecule has 2 heterocycles. The van der Waals surface area contributed by atoms with E-state index in [0.717, 1.165) is 57.4 Å². The van der Waals surface area contributed by atoms with E-state index in [4.69, 9.17) is 0 Å². The first-order valence-electron chi connectivity index (χ1n) is 15.0. The molecule has 0 spiro atoms. The van der Waals surface area contributed by atoms with E-state index in [2.05, 4.69) is 30.6 Å². The van der Waals surface area contributed by atoms with Gasteiger partial charge in [-0.05, 0) is 93.2 Å². The topological polar surface area (TPSA) is 84.3 Å². The fraction of sp³-hybridized carbons (Fsp3) is 0.625. The number of aliphatic hydroxyl groups excluding tert-OH is 2. The van der Waals surface area contributed by atoms with Crippen LogP contribution < -0.4 is 4.90 Å². The molecule has 40 heavy (non-hydrogen) atoms. The molecule has 0 saturated carbocycles. The lowest BCUT2D eigenvalue weighted by molar-refractivity contribution is 0.0910. The van der Waals surface area contributed by atoms with Crippen LogP contribution in [0.25, 0.3) is 0 Å². The van der Waals surface area contributed by atoms with Gasteiger partial charge in [-0.3, -0.25) is 0 Å². The Hall–Kier alpha value is -1.97. The highest BCUT2D eigenvalue weighted by molar-refractivity contribution is 7.91. The van der Waals surface area contributed by atoms with Gasteiger partial charge in [-0.25, -0.2) is 8.42 Å². The lowest BCUT2D eigenvalue weighted by Gasteiger charge is -2.34. The Bertz CT molecular complexity index is 1140. The molecule has 8 heteroatoms. The number of rotatable bonds is 11. The minimum Gasteiger partial charge on any atom is -0.390 e. The van der Waals surface area contributed by atoms with Gasteiger partial charge in [0.05, 0.1) is 22.0 Å². The van der Waals surface area contributed by atoms with Crippen molar-refractivity contribution in [2.24, 2.45) is 0 Å². The summed E-state index contributed by atoms with van der Waals surface area (Å²) in [5, 5.41) is 22.1. The number of aliphatic hydroxyl groups is 2. The van der Waals surface area contributed by atoms with Crippen LogP contribution in [0.2, 0.25) is 0 Å². The van der Waals surface area contributed by atoms with Crippen LogP contribution in [0.3, 0.4) is 0 Å². The van der Waals surface area contributed by atoms with Crippen LogP contribution in [-0.2, 0) is 15.3 Å². The van der Waals surface area contributed by atoms with Gasteiger partial charge in [0.1, 0.15) is 0 Å². The molecule has 7 nitrogen and oxygen atoms in total. The van der Waals surface area contributed by atoms with E-state index in [-0.39, 0.29) is 15.2 Å². The summed E-state index contributed by atoms with van der Waals surface area (Å²) < 4.78 is 27.2. The Balaban J connectivity index is 1.54. The van der Waals surface area contributed by atoms with Crippen molar-refractivity contribution in [3.05, 3.63) is 54.1 Å². The summed E-state index contributed by atoms with van der Waals surface area (Å²) in [6.45, 7) is 12.1. The molecular weight excluding hydrogens is 522 g/mol. The summed E-state index contributed by atoms with van der Waals surface area (Å²) in [6, 6.07) is 14.1. The first kappa shape index (κ1) is 31.0. The van der Waals surface area contributed by atoms with E-state index in [1.54, 1.807) is 30.3 Å². The van der Waals surface area contributed by atoms with Gasteiger partial charge >= 0.3 is 0 Å². The third-order valence-corrected chi connectivity index (χ3v) is 9.99. The predicted octanol–water partition coefficient (Wildman–Crippen LogP) is 4.32. The van der Waals surface area contributed by atoms with Gasteiger partial charge in [0.2, 0.25) is 9.84 Å². The summed E-state index contributed by atoms with van der Waals surface area (Å²) in [6.07, 6.45) is 5.88. The number of anilines is 1. The van der Waals surface area contributed by atoms with E-state index in [1.165, 1.54) is 12.8 Å². The molecule has 2 aromatic carbocycles. The summed E-state index contributed by atoms with van der Waals surface area (Å²) in [5.41, 5.74) is 1.71. The molecule has 0 amide bonds. The summed E-state index contributed by atoms with van der Waals surface area (Å²) in [7, 11) is -3.73. The average Bonchev–Trinajstić information content (AvgIpc) is 2.93. The molecule has 2 aliphatic rings. The maximum absolute atomic E-state index is 13.6. The zero-order chi connectivity index (χ0) is 28.8. The van der Waals surface area contributed by atoms with Gasteiger partial charge in [0.25, 0.3) is 0 Å². The van der Waals surface area contributed by atoms with Crippen molar-refractivity contribution >= 4 is 15.5 Å². The van der Waals surface area contributed by atoms with Crippen LogP contribution >= 0.6 is 0 Å². The number of hydrogen-bond donors (Lipinski definition) is 2. The van der Waals surface area contributed by atoms with Crippen molar-refractivity contribution in [2.45, 2.75) is 86.7 Å². The molecule has 2 fully saturated rings. The smallest absolute Gasteiger partial charge is 0.206 e. The third-order valence-electron chi connectivity index (χ3n) is 8.22. The fourth-order valence-corrected chi connectivity index (χ4v) is 7.21. The molecular formula is C32H49N3O4S. The van der Waals surface area contributed by atoms with Crippen molar-refractivity contribution in [1.82, 2.24) is 9.80 Å². The number of sulfone groups is 1. The lowest BCUT2D eigenvalue weighted by atomic mass is 9.87. The minimum atomic E-state index is -3.73. The van der Waals surface area contributed by atoms with E-state index in [1.807, 2.05) is 23.1 Å². The Morgan fingerprint density at radius 3 is 1.73 bits per heavy atom. The van der Waals surface area contributed by atoms with Gasteiger partial charge in [-0.15, -0.1) is 0 Å². The minimum absolute atomic E-state index is 0.0627. The maximum atomic E-state index is 13.6. The molecule has 2 aromatic rings. The number of benzene rings is 2. The molecule has 2 aliphatic heterocycles. The van der Waals surface area contributed by atoms with Crippen LogP contribution in [0.4, 0.5) is 5.69 Å². The fourth-order valence-electron chi connectivity index (χ4n) is 5.91. The van der Waals surface area contributed by atoms with E-state index >= 15 is 0 Å². The van der Waals surface area contributed by atoms with Gasteiger partial charge in [0.15, 0.2) is 0 Å². The molecule has 2 atom stereocenters. The van der Waals surface area contributed by atoms with Crippen molar-refractivity contribution in [1.29, 1.82) is 0 Å². The Morgan fingerprint density at radius 2 is 1.25 bits per heavy atom. The van der Waals surface area contributed by atoms with Gasteiger partial charge in [-0.2, -0.15) is 0 Å². The van der Waals surface area contributed by atoms with E-state index in [9.17, 15) is 18.6 Å². The highest BCUT2D eigenvalue weighted by Gasteiger charge is 2.24. The van der Waals surface area contributed by atoms with Crippen LogP contribution in [0.5, 0.6) is 0 Å². The van der Waals surface area contributed by atoms with Crippen LogP contribution in [0.15, 0.2) is 58.3 Å². The molecule has 222 valence electrons. The summed E-state index contributed by atoms with van der Waals surface area (Å²) in [5.74, 6) is 0. The molecule has 2 unspecified atom stereocenters. The highest BCUT2D eigenvalue weighted by atomic mass is 32.2. The number of hydrogen-bond acceptors (Lipinski definition) is 7. The highest BCUT2D eigenvalue weighted by Crippen LogP contribution is 2.28. The van der Waals surface area contributed by atoms with E-state index in [0.29, 0.717) is 31.9 Å². The molecule has 4 rings (SSSR count). The molecule has 0 bridgehead atoms. The maximum Gasteiger partial charge on any atom is 0.206 e. The first-order valence-corrected chi connectivity index (χ1v) is 16.5. The van der Waals surface area contributed by atoms with Crippen molar-refractivity contribution < 1.29 is 18.6 Å². The van der Waals surface area contributed by atoms with Crippen LogP contribution in [0.1, 0.15) is 64.9 Å². The van der Waals surface area contributed by atoms with Gasteiger partial charge < -0.3 is 24.9 Å². The average molecular weight is 572 g/mol. The monoisotopic (exact) mass is 571 g/mol. The third kappa shape index (κ3) is 8.52. The summed E-state index contributed by atoms with van der Waals surface area (Å²) >= 11 is 0. The normalized spacial score (nSPS) is 19.3. The molecule has 0 radical (unpaired) electrons. The quantitative estimate of drug-likeness (QED) is 0.416. The second kappa shape index (κ2) is 13.8. The second-order valence-corrected chi connectivity index (χ2v) is 14.7. The second-order valence-electron chi connectivity index (χ2n) is 12.7. The predicted molar refractivity (Wildman–Crippen MR) is 162 cm³/mol. The largest absolute Gasteiger partial charge is 0.390 e. The Kier molecular flexibility index (Phi) is 10.7. The molecule has 0 aromatic heterocycles. The molecule has 0 aliphatic carbocycles. The van der Waals surface area contributed by atoms with Crippen molar-refractivity contribution in [3.63, 3.8) is 0 Å². The Morgan fingerprint density at radius 1 is 0.750 bits per heavy atom. The Labute approximate surface area is 241 Å². The summed E-state index contributed by atoms with van der Waals surface area (Å²) in [4.78, 5) is 7.05. The lowest BCUT2D eigenvalue weighted by Crippen LogP contribution is -2.46. The number of likely N-dealkylation sites (tertiary alicyclic amines) is 2. The zero-order valence-corrected chi connectivity index (χ0v) is 25.5. The van der Waals surface area contributed by atoms with Crippen molar-refractivity contribution in [2.75, 3.05) is 57.3 Å². The zero-order valence-electron chi connectivity index (χ0n) is 24.6. The SMILES string of the molecule is CC(C)(C)c1ccc(S(=O)(=O)c2cccc(N(CC(O)CN3CCCCC3)CC(O)CN3CCCCC3)c2)cc1. The number of piperidine rings is 2. The number of β-amino-alcohol motifs (C(OH)–C–C–N with tert-alkyl or cyclic N) is 2. The van der Waals surface area contributed by atoms with Gasteiger partial charge in [-0.1, -0.05) is 51.8 Å². The number of nitrogens with zero attached hydrogens (tertiary/aromatic N) is 3. The molecule has 2 saturated heterocycles. The van der Waals surface area contributed by atoms with Crippen molar-refractivity contribution in [3.8, 4) is 0 Å². The van der Waals surface area contributed by atoms with Crippen LogP contribution in [0, 0.1) is 0 Å².